The lowest BCUT2D eigenvalue weighted by molar-refractivity contribution is 0.0644. The van der Waals surface area contributed by atoms with Crippen LogP contribution in [0, 0.1) is 6.92 Å². The maximum Gasteiger partial charge on any atom is 0.258 e. The molecule has 2 aromatic heterocycles. The van der Waals surface area contributed by atoms with E-state index in [0.717, 1.165) is 11.1 Å². The number of rotatable bonds is 5. The van der Waals surface area contributed by atoms with Crippen molar-refractivity contribution in [2.24, 2.45) is 0 Å². The van der Waals surface area contributed by atoms with Gasteiger partial charge in [0.1, 0.15) is 0 Å². The molecule has 0 N–H and O–H groups in total. The van der Waals surface area contributed by atoms with Crippen molar-refractivity contribution in [3.05, 3.63) is 54.0 Å². The van der Waals surface area contributed by atoms with Crippen LogP contribution in [0.15, 0.2) is 47.1 Å². The number of aryl methyl sites for hydroxylation is 1. The molecule has 140 valence electrons. The molecule has 0 saturated carbocycles. The van der Waals surface area contributed by atoms with Gasteiger partial charge in [0.2, 0.25) is 0 Å². The average Bonchev–Trinajstić information content (AvgIpc) is 3.07. The van der Waals surface area contributed by atoms with Crippen LogP contribution in [0.2, 0.25) is 0 Å². The highest BCUT2D eigenvalue weighted by Crippen LogP contribution is 2.27. The van der Waals surface area contributed by atoms with Crippen LogP contribution < -0.4 is 0 Å². The van der Waals surface area contributed by atoms with Crippen molar-refractivity contribution in [3.63, 3.8) is 0 Å². The molecule has 0 radical (unpaired) electrons. The smallest absolute Gasteiger partial charge is 0.258 e. The van der Waals surface area contributed by atoms with Crippen molar-refractivity contribution >= 4 is 5.91 Å². The number of aromatic nitrogens is 3. The fourth-order valence-electron chi connectivity index (χ4n) is 3.22. The summed E-state index contributed by atoms with van der Waals surface area (Å²) in [7, 11) is 0. The van der Waals surface area contributed by atoms with Crippen LogP contribution in [-0.4, -0.2) is 38.0 Å². The number of hydrogen-bond donors (Lipinski definition) is 0. The molecule has 0 bridgehead atoms. The van der Waals surface area contributed by atoms with Gasteiger partial charge in [-0.1, -0.05) is 23.4 Å². The molecule has 0 aliphatic heterocycles. The number of pyridine rings is 1. The van der Waals surface area contributed by atoms with Gasteiger partial charge in [0.05, 0.1) is 5.69 Å². The molecule has 0 aliphatic rings. The second-order valence-electron chi connectivity index (χ2n) is 7.02. The van der Waals surface area contributed by atoms with Gasteiger partial charge < -0.3 is 9.42 Å². The van der Waals surface area contributed by atoms with E-state index >= 15 is 0 Å². The Kier molecular flexibility index (Phi) is 5.35. The van der Waals surface area contributed by atoms with Crippen molar-refractivity contribution in [1.82, 2.24) is 20.0 Å². The number of amides is 1. The van der Waals surface area contributed by atoms with Crippen LogP contribution in [0.25, 0.3) is 22.7 Å². The molecule has 0 spiro atoms. The van der Waals surface area contributed by atoms with Gasteiger partial charge in [0, 0.05) is 35.0 Å². The van der Waals surface area contributed by atoms with Gasteiger partial charge in [-0.05, 0) is 52.8 Å². The van der Waals surface area contributed by atoms with Crippen LogP contribution >= 0.6 is 0 Å². The van der Waals surface area contributed by atoms with Gasteiger partial charge in [-0.2, -0.15) is 4.98 Å². The number of nitrogens with zero attached hydrogens (tertiary/aromatic N) is 4. The minimum absolute atomic E-state index is 0.00330. The molecular weight excluding hydrogens is 340 g/mol. The number of carbonyl (C=O) groups excluding carboxylic acids is 1. The average molecular weight is 364 g/mol. The molecule has 0 aliphatic carbocycles. The summed E-state index contributed by atoms with van der Waals surface area (Å²) in [6, 6.07) is 11.4. The number of benzene rings is 1. The first-order chi connectivity index (χ1) is 12.9. The molecule has 0 atom stereocenters. The van der Waals surface area contributed by atoms with Crippen molar-refractivity contribution < 1.29 is 9.32 Å². The Morgan fingerprint density at radius 1 is 1.07 bits per heavy atom. The van der Waals surface area contributed by atoms with Crippen LogP contribution in [0.1, 0.15) is 43.9 Å². The summed E-state index contributed by atoms with van der Waals surface area (Å²) in [5, 5.41) is 3.84. The van der Waals surface area contributed by atoms with Crippen LogP contribution in [0.5, 0.6) is 0 Å². The van der Waals surface area contributed by atoms with E-state index in [1.165, 1.54) is 0 Å². The zero-order chi connectivity index (χ0) is 19.6. The van der Waals surface area contributed by atoms with E-state index in [0.29, 0.717) is 23.0 Å². The van der Waals surface area contributed by atoms with Gasteiger partial charge in [-0.25, -0.2) is 0 Å². The summed E-state index contributed by atoms with van der Waals surface area (Å²) in [4.78, 5) is 23.9. The maximum absolute atomic E-state index is 13.2. The topological polar surface area (TPSA) is 72.1 Å². The summed E-state index contributed by atoms with van der Waals surface area (Å²) in [5.74, 6) is 1.01. The lowest BCUT2D eigenvalue weighted by Crippen LogP contribution is -2.42. The largest absolute Gasteiger partial charge is 0.334 e. The minimum atomic E-state index is -0.00330. The highest BCUT2D eigenvalue weighted by Gasteiger charge is 2.24. The van der Waals surface area contributed by atoms with E-state index in [4.69, 9.17) is 4.52 Å². The highest BCUT2D eigenvalue weighted by atomic mass is 16.5. The van der Waals surface area contributed by atoms with E-state index in [2.05, 4.69) is 15.1 Å². The van der Waals surface area contributed by atoms with E-state index in [1.54, 1.807) is 13.1 Å². The van der Waals surface area contributed by atoms with Gasteiger partial charge in [-0.15, -0.1) is 0 Å². The Bertz CT molecular complexity index is 939. The van der Waals surface area contributed by atoms with Crippen molar-refractivity contribution in [2.75, 3.05) is 0 Å². The SMILES string of the molecule is Cc1noc(-c2ccnc(-c3ccccc3C(=O)N(C(C)C)C(C)C)c2)n1. The third kappa shape index (κ3) is 3.89. The molecule has 27 heavy (non-hydrogen) atoms. The second-order valence-corrected chi connectivity index (χ2v) is 7.02. The summed E-state index contributed by atoms with van der Waals surface area (Å²) < 4.78 is 5.26. The van der Waals surface area contributed by atoms with Crippen molar-refractivity contribution in [1.29, 1.82) is 0 Å². The Morgan fingerprint density at radius 3 is 2.41 bits per heavy atom. The molecule has 0 saturated heterocycles. The summed E-state index contributed by atoms with van der Waals surface area (Å²) >= 11 is 0. The highest BCUT2D eigenvalue weighted by molar-refractivity contribution is 6.01. The first kappa shape index (κ1) is 18.8. The van der Waals surface area contributed by atoms with E-state index in [1.807, 2.05) is 69.0 Å². The normalized spacial score (nSPS) is 11.2. The Balaban J connectivity index is 2.05. The first-order valence-corrected chi connectivity index (χ1v) is 9.07. The maximum atomic E-state index is 13.2. The van der Waals surface area contributed by atoms with Crippen molar-refractivity contribution in [2.45, 2.75) is 46.7 Å². The predicted octanol–water partition coefficient (Wildman–Crippen LogP) is 4.37. The molecule has 6 nitrogen and oxygen atoms in total. The molecule has 0 fully saturated rings. The van der Waals surface area contributed by atoms with Gasteiger partial charge >= 0.3 is 0 Å². The van der Waals surface area contributed by atoms with E-state index in [9.17, 15) is 4.79 Å². The molecule has 0 unspecified atom stereocenters. The van der Waals surface area contributed by atoms with E-state index < -0.39 is 0 Å². The minimum Gasteiger partial charge on any atom is -0.334 e. The zero-order valence-electron chi connectivity index (χ0n) is 16.3. The Morgan fingerprint density at radius 2 is 1.78 bits per heavy atom. The number of hydrogen-bond acceptors (Lipinski definition) is 5. The summed E-state index contributed by atoms with van der Waals surface area (Å²) in [5.41, 5.74) is 2.88. The third-order valence-electron chi connectivity index (χ3n) is 4.32. The molecule has 1 aromatic carbocycles. The van der Waals surface area contributed by atoms with Gasteiger partial charge in [0.25, 0.3) is 11.8 Å². The molecule has 3 aromatic rings. The lowest BCUT2D eigenvalue weighted by Gasteiger charge is -2.31. The van der Waals surface area contributed by atoms with Gasteiger partial charge in [0.15, 0.2) is 5.82 Å². The Labute approximate surface area is 159 Å². The molecule has 3 rings (SSSR count). The Hall–Kier alpha value is -3.02. The quantitative estimate of drug-likeness (QED) is 0.672. The summed E-state index contributed by atoms with van der Waals surface area (Å²) in [6.45, 7) is 9.87. The fraction of sp³-hybridized carbons (Fsp3) is 0.333. The molecule has 1 amide bonds. The standard InChI is InChI=1S/C21H24N4O2/c1-13(2)25(14(3)4)21(26)18-9-7-6-8-17(18)19-12-16(10-11-22-19)20-23-15(5)24-27-20/h6-14H,1-5H3. The number of carbonyl (C=O) groups is 1. The van der Waals surface area contributed by atoms with Crippen LogP contribution in [-0.2, 0) is 0 Å². The van der Waals surface area contributed by atoms with E-state index in [-0.39, 0.29) is 18.0 Å². The zero-order valence-corrected chi connectivity index (χ0v) is 16.3. The molecular formula is C21H24N4O2. The fourth-order valence-corrected chi connectivity index (χ4v) is 3.22. The van der Waals surface area contributed by atoms with Crippen molar-refractivity contribution in [3.8, 4) is 22.7 Å². The van der Waals surface area contributed by atoms with Gasteiger partial charge in [-0.3, -0.25) is 9.78 Å². The molecule has 6 heteroatoms. The first-order valence-electron chi connectivity index (χ1n) is 9.07. The molecule has 2 heterocycles. The third-order valence-corrected chi connectivity index (χ3v) is 4.32. The van der Waals surface area contributed by atoms with Crippen LogP contribution in [0.3, 0.4) is 0 Å². The predicted molar refractivity (Wildman–Crippen MR) is 104 cm³/mol. The van der Waals surface area contributed by atoms with Crippen LogP contribution in [0.4, 0.5) is 0 Å². The monoisotopic (exact) mass is 364 g/mol. The summed E-state index contributed by atoms with van der Waals surface area (Å²) in [6.07, 6.45) is 1.69. The second kappa shape index (κ2) is 7.70. The lowest BCUT2D eigenvalue weighted by atomic mass is 10.0.